The predicted molar refractivity (Wildman–Crippen MR) is 70.7 cm³/mol. The number of thioether (sulfide) groups is 1. The zero-order valence-corrected chi connectivity index (χ0v) is 11.1. The molecule has 0 saturated carbocycles. The minimum atomic E-state index is 0.582. The number of hydrogen-bond donors (Lipinski definition) is 1. The van der Waals surface area contributed by atoms with Gasteiger partial charge in [0.15, 0.2) is 5.17 Å². The summed E-state index contributed by atoms with van der Waals surface area (Å²) in [5, 5.41) is 5.40. The molecule has 1 N–H and O–H groups in total. The monoisotopic (exact) mass is 228 g/mol. The topological polar surface area (TPSA) is 24.4 Å². The fourth-order valence-corrected chi connectivity index (χ4v) is 2.74. The number of amidine groups is 1. The number of nitrogens with zero attached hydrogens (tertiary/aromatic N) is 1. The van der Waals surface area contributed by atoms with Crippen molar-refractivity contribution in [3.8, 4) is 0 Å². The summed E-state index contributed by atoms with van der Waals surface area (Å²) < 4.78 is 0. The lowest BCUT2D eigenvalue weighted by atomic mass is 10.1. The van der Waals surface area contributed by atoms with Crippen LogP contribution >= 0.6 is 11.8 Å². The largest absolute Gasteiger partial charge is 0.362 e. The van der Waals surface area contributed by atoms with Gasteiger partial charge >= 0.3 is 0 Å². The average Bonchev–Trinajstić information content (AvgIpc) is 2.66. The zero-order chi connectivity index (χ0) is 11.1. The Morgan fingerprint density at radius 3 is 2.87 bits per heavy atom. The molecule has 2 unspecified atom stereocenters. The van der Waals surface area contributed by atoms with Gasteiger partial charge in [-0.3, -0.25) is 4.99 Å². The van der Waals surface area contributed by atoms with Crippen LogP contribution in [-0.4, -0.2) is 23.0 Å². The van der Waals surface area contributed by atoms with Crippen molar-refractivity contribution >= 4 is 16.9 Å². The summed E-state index contributed by atoms with van der Waals surface area (Å²) in [5.74, 6) is 0. The van der Waals surface area contributed by atoms with E-state index in [2.05, 4.69) is 31.1 Å². The lowest BCUT2D eigenvalue weighted by molar-refractivity contribution is 0.557. The molecule has 0 spiro atoms. The molecule has 0 amide bonds. The predicted octanol–water partition coefficient (Wildman–Crippen LogP) is 3.43. The Bertz CT molecular complexity index is 204. The van der Waals surface area contributed by atoms with Gasteiger partial charge in [-0.1, -0.05) is 44.9 Å². The van der Waals surface area contributed by atoms with Gasteiger partial charge in [0.1, 0.15) is 0 Å². The van der Waals surface area contributed by atoms with Crippen LogP contribution in [0.25, 0.3) is 0 Å². The molecule has 3 heteroatoms. The van der Waals surface area contributed by atoms with Crippen molar-refractivity contribution in [2.24, 2.45) is 4.99 Å². The number of nitrogens with one attached hydrogen (secondary N) is 1. The van der Waals surface area contributed by atoms with Crippen LogP contribution in [0.5, 0.6) is 0 Å². The molecule has 1 aliphatic heterocycles. The van der Waals surface area contributed by atoms with Crippen molar-refractivity contribution in [2.45, 2.75) is 64.2 Å². The molecule has 0 aromatic carbocycles. The van der Waals surface area contributed by atoms with E-state index >= 15 is 0 Å². The number of unbranched alkanes of at least 4 members (excludes halogenated alkanes) is 2. The maximum absolute atomic E-state index is 4.52. The van der Waals surface area contributed by atoms with Crippen LogP contribution < -0.4 is 5.32 Å². The molecule has 0 bridgehead atoms. The van der Waals surface area contributed by atoms with Crippen LogP contribution in [-0.2, 0) is 0 Å². The lowest BCUT2D eigenvalue weighted by Crippen LogP contribution is -2.29. The summed E-state index contributed by atoms with van der Waals surface area (Å²) >= 11 is 1.92. The van der Waals surface area contributed by atoms with Gasteiger partial charge in [0, 0.05) is 11.3 Å². The van der Waals surface area contributed by atoms with Crippen LogP contribution in [0.1, 0.15) is 52.9 Å². The fourth-order valence-electron chi connectivity index (χ4n) is 1.69. The number of rotatable bonds is 6. The van der Waals surface area contributed by atoms with Crippen molar-refractivity contribution in [3.63, 3.8) is 0 Å². The number of aliphatic imine (C=N–C) groups is 1. The summed E-state index contributed by atoms with van der Waals surface area (Å²) in [7, 11) is 0. The minimum Gasteiger partial charge on any atom is -0.362 e. The normalized spacial score (nSPS) is 22.6. The average molecular weight is 228 g/mol. The van der Waals surface area contributed by atoms with Crippen molar-refractivity contribution < 1.29 is 0 Å². The van der Waals surface area contributed by atoms with E-state index in [-0.39, 0.29) is 0 Å². The maximum atomic E-state index is 4.52. The summed E-state index contributed by atoms with van der Waals surface area (Å²) in [6, 6.07) is 0.582. The fraction of sp³-hybridized carbons (Fsp3) is 0.917. The molecular formula is C12H24N2S. The molecule has 0 fully saturated rings. The molecule has 0 radical (unpaired) electrons. The Balaban J connectivity index is 2.13. The van der Waals surface area contributed by atoms with E-state index in [1.54, 1.807) is 0 Å². The quantitative estimate of drug-likeness (QED) is 0.704. The molecule has 2 nitrogen and oxygen atoms in total. The first kappa shape index (κ1) is 12.9. The summed E-state index contributed by atoms with van der Waals surface area (Å²) in [4.78, 5) is 4.52. The number of hydrogen-bond acceptors (Lipinski definition) is 3. The van der Waals surface area contributed by atoms with Crippen LogP contribution in [0.15, 0.2) is 4.99 Å². The first-order valence-electron chi connectivity index (χ1n) is 6.23. The van der Waals surface area contributed by atoms with E-state index in [1.807, 2.05) is 11.8 Å². The Labute approximate surface area is 98.3 Å². The van der Waals surface area contributed by atoms with Gasteiger partial charge < -0.3 is 5.32 Å². The highest BCUT2D eigenvalue weighted by Gasteiger charge is 2.18. The first-order valence-corrected chi connectivity index (χ1v) is 7.11. The van der Waals surface area contributed by atoms with Gasteiger partial charge in [0.05, 0.1) is 6.54 Å². The van der Waals surface area contributed by atoms with Crippen LogP contribution in [0.3, 0.4) is 0 Å². The third-order valence-electron chi connectivity index (χ3n) is 2.78. The SMILES string of the molecule is CCCCCC(C)NC1=NCC(CC)S1. The van der Waals surface area contributed by atoms with Crippen molar-refractivity contribution in [2.75, 3.05) is 6.54 Å². The van der Waals surface area contributed by atoms with E-state index in [9.17, 15) is 0 Å². The molecule has 0 aromatic rings. The molecule has 0 saturated heterocycles. The van der Waals surface area contributed by atoms with Gasteiger partial charge in [-0.25, -0.2) is 0 Å². The second-order valence-electron chi connectivity index (χ2n) is 4.34. The van der Waals surface area contributed by atoms with Crippen molar-refractivity contribution in [1.29, 1.82) is 0 Å². The lowest BCUT2D eigenvalue weighted by Gasteiger charge is -2.14. The van der Waals surface area contributed by atoms with Crippen LogP contribution in [0.4, 0.5) is 0 Å². The van der Waals surface area contributed by atoms with Gasteiger partial charge in [-0.05, 0) is 19.8 Å². The van der Waals surface area contributed by atoms with E-state index in [4.69, 9.17) is 0 Å². The first-order chi connectivity index (χ1) is 7.26. The van der Waals surface area contributed by atoms with Gasteiger partial charge in [0.2, 0.25) is 0 Å². The third kappa shape index (κ3) is 4.92. The zero-order valence-electron chi connectivity index (χ0n) is 10.3. The molecule has 2 atom stereocenters. The molecule has 0 aromatic heterocycles. The highest BCUT2D eigenvalue weighted by Crippen LogP contribution is 2.22. The van der Waals surface area contributed by atoms with Gasteiger partial charge in [0.25, 0.3) is 0 Å². The molecule has 88 valence electrons. The van der Waals surface area contributed by atoms with E-state index in [0.29, 0.717) is 6.04 Å². The Morgan fingerprint density at radius 2 is 2.27 bits per heavy atom. The van der Waals surface area contributed by atoms with E-state index < -0.39 is 0 Å². The van der Waals surface area contributed by atoms with E-state index in [1.165, 1.54) is 37.3 Å². The highest BCUT2D eigenvalue weighted by atomic mass is 32.2. The second kappa shape index (κ2) is 7.15. The summed E-state index contributed by atoms with van der Waals surface area (Å²) in [6.45, 7) is 7.75. The Kier molecular flexibility index (Phi) is 6.15. The Morgan fingerprint density at radius 1 is 1.47 bits per heavy atom. The van der Waals surface area contributed by atoms with Crippen LogP contribution in [0.2, 0.25) is 0 Å². The van der Waals surface area contributed by atoms with E-state index in [0.717, 1.165) is 11.8 Å². The minimum absolute atomic E-state index is 0.582. The molecule has 15 heavy (non-hydrogen) atoms. The third-order valence-corrected chi connectivity index (χ3v) is 4.07. The maximum Gasteiger partial charge on any atom is 0.157 e. The highest BCUT2D eigenvalue weighted by molar-refractivity contribution is 8.14. The van der Waals surface area contributed by atoms with Gasteiger partial charge in [-0.2, -0.15) is 0 Å². The molecule has 1 heterocycles. The molecule has 0 aliphatic carbocycles. The van der Waals surface area contributed by atoms with Crippen molar-refractivity contribution in [1.82, 2.24) is 5.32 Å². The molecular weight excluding hydrogens is 204 g/mol. The Hall–Kier alpha value is -0.180. The summed E-state index contributed by atoms with van der Waals surface area (Å²) in [6.07, 6.45) is 6.48. The van der Waals surface area contributed by atoms with Crippen LogP contribution in [0, 0.1) is 0 Å². The standard InChI is InChI=1S/C12H24N2S/c1-4-6-7-8-10(3)14-12-13-9-11(5-2)15-12/h10-11H,4-9H2,1-3H3,(H,13,14). The van der Waals surface area contributed by atoms with Crippen molar-refractivity contribution in [3.05, 3.63) is 0 Å². The molecule has 1 rings (SSSR count). The smallest absolute Gasteiger partial charge is 0.157 e. The summed E-state index contributed by atoms with van der Waals surface area (Å²) in [5.41, 5.74) is 0. The second-order valence-corrected chi connectivity index (χ2v) is 5.62. The van der Waals surface area contributed by atoms with Gasteiger partial charge in [-0.15, -0.1) is 0 Å². The molecule has 1 aliphatic rings.